The van der Waals surface area contributed by atoms with Crippen molar-refractivity contribution in [1.29, 1.82) is 0 Å². The van der Waals surface area contributed by atoms with Crippen molar-refractivity contribution in [3.8, 4) is 0 Å². The lowest BCUT2D eigenvalue weighted by atomic mass is 9.99. The van der Waals surface area contributed by atoms with Crippen LogP contribution in [0.15, 0.2) is 15.6 Å². The molecule has 162 valence electrons. The molecule has 3 heterocycles. The maximum atomic E-state index is 5.51. The van der Waals surface area contributed by atoms with Crippen molar-refractivity contribution in [3.63, 3.8) is 0 Å². The van der Waals surface area contributed by atoms with Crippen molar-refractivity contribution < 1.29 is 4.52 Å². The Kier molecular flexibility index (Phi) is 9.60. The number of piperazine rings is 1. The molecular formula is C19H32IN7OS. The molecule has 1 N–H and O–H groups in total. The van der Waals surface area contributed by atoms with Gasteiger partial charge >= 0.3 is 0 Å². The minimum Gasteiger partial charge on any atom is -0.359 e. The summed E-state index contributed by atoms with van der Waals surface area (Å²) in [6.45, 7) is 10.7. The number of aliphatic imine (C=N–C) groups is 1. The van der Waals surface area contributed by atoms with Crippen LogP contribution in [0.1, 0.15) is 56.8 Å². The highest BCUT2D eigenvalue weighted by Crippen LogP contribution is 2.22. The molecule has 0 aromatic carbocycles. The van der Waals surface area contributed by atoms with Crippen LogP contribution in [0.25, 0.3) is 0 Å². The highest BCUT2D eigenvalue weighted by atomic mass is 127. The fourth-order valence-electron chi connectivity index (χ4n) is 3.44. The maximum absolute atomic E-state index is 5.51. The SMILES string of the molecule is CCc1nsc(N2CCN(C(=NC)NCc3cc(C(CC)CC)no3)CC2)n1.I. The topological polar surface area (TPSA) is 82.7 Å². The zero-order valence-electron chi connectivity index (χ0n) is 17.7. The number of guanidine groups is 1. The second kappa shape index (κ2) is 11.7. The number of nitrogens with zero attached hydrogens (tertiary/aromatic N) is 6. The molecule has 0 bridgehead atoms. The van der Waals surface area contributed by atoms with E-state index in [9.17, 15) is 0 Å². The van der Waals surface area contributed by atoms with Crippen molar-refractivity contribution in [2.45, 2.75) is 52.5 Å². The normalized spacial score (nSPS) is 15.0. The number of halogens is 1. The number of rotatable bonds is 7. The third kappa shape index (κ3) is 6.03. The Morgan fingerprint density at radius 1 is 1.24 bits per heavy atom. The predicted octanol–water partition coefficient (Wildman–Crippen LogP) is 3.51. The molecule has 10 heteroatoms. The number of aryl methyl sites for hydroxylation is 1. The van der Waals surface area contributed by atoms with Crippen LogP contribution in [0.4, 0.5) is 5.13 Å². The highest BCUT2D eigenvalue weighted by Gasteiger charge is 2.22. The first-order valence-corrected chi connectivity index (χ1v) is 10.9. The van der Waals surface area contributed by atoms with Gasteiger partial charge in [-0.1, -0.05) is 25.9 Å². The number of nitrogens with one attached hydrogen (secondary N) is 1. The van der Waals surface area contributed by atoms with E-state index in [0.717, 1.165) is 73.8 Å². The molecule has 0 amide bonds. The molecule has 8 nitrogen and oxygen atoms in total. The van der Waals surface area contributed by atoms with Crippen LogP contribution in [0.3, 0.4) is 0 Å². The van der Waals surface area contributed by atoms with E-state index >= 15 is 0 Å². The first-order valence-electron chi connectivity index (χ1n) is 10.2. The molecule has 1 aliphatic heterocycles. The summed E-state index contributed by atoms with van der Waals surface area (Å²) in [5, 5.41) is 8.67. The van der Waals surface area contributed by atoms with E-state index in [1.807, 2.05) is 7.05 Å². The second-order valence-electron chi connectivity index (χ2n) is 6.95. The van der Waals surface area contributed by atoms with Gasteiger partial charge in [-0.05, 0) is 12.8 Å². The predicted molar refractivity (Wildman–Crippen MR) is 129 cm³/mol. The van der Waals surface area contributed by atoms with E-state index in [0.29, 0.717) is 12.5 Å². The summed E-state index contributed by atoms with van der Waals surface area (Å²) in [4.78, 5) is 13.6. The molecule has 29 heavy (non-hydrogen) atoms. The van der Waals surface area contributed by atoms with Crippen LogP contribution in [-0.4, -0.2) is 58.6 Å². The minimum atomic E-state index is 0. The third-order valence-electron chi connectivity index (χ3n) is 5.24. The van der Waals surface area contributed by atoms with Gasteiger partial charge in [-0.15, -0.1) is 24.0 Å². The van der Waals surface area contributed by atoms with Gasteiger partial charge in [-0.2, -0.15) is 4.37 Å². The quantitative estimate of drug-likeness (QED) is 0.332. The zero-order chi connectivity index (χ0) is 19.9. The molecule has 0 aliphatic carbocycles. The lowest BCUT2D eigenvalue weighted by molar-refractivity contribution is 0.353. The van der Waals surface area contributed by atoms with Crippen molar-refractivity contribution in [1.82, 2.24) is 24.7 Å². The standard InChI is InChI=1S/C19H31N7OS.HI/c1-5-14(6-2)16-12-15(27-23-16)13-21-18(20-4)25-8-10-26(11-9-25)19-22-17(7-3)24-28-19;/h12,14H,5-11,13H2,1-4H3,(H,20,21);1H. The van der Waals surface area contributed by atoms with Crippen LogP contribution in [0.2, 0.25) is 0 Å². The molecule has 0 saturated carbocycles. The zero-order valence-corrected chi connectivity index (χ0v) is 20.9. The minimum absolute atomic E-state index is 0. The van der Waals surface area contributed by atoms with Gasteiger partial charge in [0.15, 0.2) is 11.7 Å². The Hall–Kier alpha value is -1.43. The fraction of sp³-hybridized carbons (Fsp3) is 0.684. The van der Waals surface area contributed by atoms with Gasteiger partial charge in [0.25, 0.3) is 0 Å². The van der Waals surface area contributed by atoms with Gasteiger partial charge < -0.3 is 19.6 Å². The summed E-state index contributed by atoms with van der Waals surface area (Å²) >= 11 is 1.49. The van der Waals surface area contributed by atoms with Gasteiger partial charge in [-0.3, -0.25) is 4.99 Å². The summed E-state index contributed by atoms with van der Waals surface area (Å²) in [5.74, 6) is 3.15. The Morgan fingerprint density at radius 2 is 1.97 bits per heavy atom. The van der Waals surface area contributed by atoms with E-state index in [4.69, 9.17) is 4.52 Å². The molecule has 1 saturated heterocycles. The smallest absolute Gasteiger partial charge is 0.205 e. The van der Waals surface area contributed by atoms with Crippen molar-refractivity contribution in [3.05, 3.63) is 23.3 Å². The Morgan fingerprint density at radius 3 is 2.55 bits per heavy atom. The van der Waals surface area contributed by atoms with Crippen molar-refractivity contribution in [2.75, 3.05) is 38.1 Å². The molecule has 2 aromatic rings. The molecule has 0 atom stereocenters. The number of aromatic nitrogens is 3. The lowest BCUT2D eigenvalue weighted by Gasteiger charge is -2.36. The molecule has 2 aromatic heterocycles. The summed E-state index contributed by atoms with van der Waals surface area (Å²) in [7, 11) is 1.82. The maximum Gasteiger partial charge on any atom is 0.205 e. The monoisotopic (exact) mass is 533 g/mol. The van der Waals surface area contributed by atoms with Crippen LogP contribution in [-0.2, 0) is 13.0 Å². The van der Waals surface area contributed by atoms with Crippen molar-refractivity contribution >= 4 is 46.6 Å². The van der Waals surface area contributed by atoms with Crippen LogP contribution in [0.5, 0.6) is 0 Å². The number of anilines is 1. The Bertz CT molecular complexity index is 766. The van der Waals surface area contributed by atoms with Crippen LogP contribution in [0, 0.1) is 0 Å². The summed E-state index contributed by atoms with van der Waals surface area (Å²) in [6, 6.07) is 2.07. The van der Waals surface area contributed by atoms with Gasteiger partial charge in [0, 0.05) is 63.2 Å². The van der Waals surface area contributed by atoms with Gasteiger partial charge in [0.05, 0.1) is 12.2 Å². The number of hydrogen-bond donors (Lipinski definition) is 1. The van der Waals surface area contributed by atoms with E-state index in [-0.39, 0.29) is 24.0 Å². The van der Waals surface area contributed by atoms with Gasteiger partial charge in [0.1, 0.15) is 5.82 Å². The van der Waals surface area contributed by atoms with Crippen molar-refractivity contribution in [2.24, 2.45) is 4.99 Å². The summed E-state index contributed by atoms with van der Waals surface area (Å²) in [6.07, 6.45) is 3.04. The van der Waals surface area contributed by atoms with Crippen LogP contribution < -0.4 is 10.2 Å². The largest absolute Gasteiger partial charge is 0.359 e. The molecular weight excluding hydrogens is 501 g/mol. The first-order chi connectivity index (χ1) is 13.7. The molecule has 3 rings (SSSR count). The van der Waals surface area contributed by atoms with Gasteiger partial charge in [0.2, 0.25) is 5.13 Å². The molecule has 1 aliphatic rings. The molecule has 1 fully saturated rings. The first kappa shape index (κ1) is 23.8. The van der Waals surface area contributed by atoms with E-state index in [1.54, 1.807) is 0 Å². The summed E-state index contributed by atoms with van der Waals surface area (Å²) < 4.78 is 9.90. The molecule has 0 unspecified atom stereocenters. The second-order valence-corrected chi connectivity index (χ2v) is 7.68. The lowest BCUT2D eigenvalue weighted by Crippen LogP contribution is -2.52. The number of hydrogen-bond acceptors (Lipinski definition) is 7. The van der Waals surface area contributed by atoms with Crippen LogP contribution >= 0.6 is 35.5 Å². The molecule has 0 radical (unpaired) electrons. The van der Waals surface area contributed by atoms with E-state index in [2.05, 4.69) is 61.5 Å². The Labute approximate surface area is 194 Å². The average Bonchev–Trinajstić information content (AvgIpc) is 3.40. The molecule has 0 spiro atoms. The average molecular weight is 533 g/mol. The highest BCUT2D eigenvalue weighted by molar-refractivity contribution is 14.0. The fourth-order valence-corrected chi connectivity index (χ4v) is 4.24. The Balaban J connectivity index is 0.00000300. The van der Waals surface area contributed by atoms with Gasteiger partial charge in [-0.25, -0.2) is 4.98 Å². The van der Waals surface area contributed by atoms with E-state index in [1.165, 1.54) is 11.5 Å². The third-order valence-corrected chi connectivity index (χ3v) is 6.05. The van der Waals surface area contributed by atoms with E-state index < -0.39 is 0 Å². The summed E-state index contributed by atoms with van der Waals surface area (Å²) in [5.41, 5.74) is 1.05.